The fourth-order valence-corrected chi connectivity index (χ4v) is 1.57. The molecule has 0 bridgehead atoms. The Balaban J connectivity index is 3.17. The van der Waals surface area contributed by atoms with Gasteiger partial charge in [-0.25, -0.2) is 4.98 Å². The molecule has 0 saturated carbocycles. The lowest BCUT2D eigenvalue weighted by atomic mass is 10.0. The molecule has 0 saturated heterocycles. The zero-order chi connectivity index (χ0) is 14.8. The number of alkyl halides is 6. The minimum absolute atomic E-state index is 0.115. The van der Waals surface area contributed by atoms with Crippen LogP contribution in [-0.4, -0.2) is 27.7 Å². The summed E-state index contributed by atoms with van der Waals surface area (Å²) in [4.78, 5) is 14.8. The van der Waals surface area contributed by atoms with Crippen LogP contribution in [0.3, 0.4) is 0 Å². The van der Waals surface area contributed by atoms with Crippen molar-refractivity contribution in [3.05, 3.63) is 18.2 Å². The molecular weight excluding hydrogens is 278 g/mol. The lowest BCUT2D eigenvalue weighted by Crippen LogP contribution is -2.43. The van der Waals surface area contributed by atoms with Gasteiger partial charge in [0.15, 0.2) is 5.82 Å². The van der Waals surface area contributed by atoms with Gasteiger partial charge in [0.2, 0.25) is 11.7 Å². The van der Waals surface area contributed by atoms with Crippen molar-refractivity contribution in [1.29, 1.82) is 0 Å². The number of Topliss-reactive ketones (excluding diaryl/α,β-unsaturated/α-hetero) is 1. The predicted octanol–water partition coefficient (Wildman–Crippen LogP) is 3.22. The highest BCUT2D eigenvalue weighted by Gasteiger charge is 2.61. The van der Waals surface area contributed by atoms with E-state index in [4.69, 9.17) is 0 Å². The molecule has 19 heavy (non-hydrogen) atoms. The first kappa shape index (κ1) is 15.5. The fourth-order valence-electron chi connectivity index (χ4n) is 1.57. The molecule has 0 unspecified atom stereocenters. The van der Waals surface area contributed by atoms with Crippen molar-refractivity contribution in [1.82, 2.24) is 9.55 Å². The SMILES string of the molecule is CCCn1ccnc1C(=O)C(C(F)(F)F)C(F)(F)F. The molecule has 0 aliphatic rings. The molecule has 0 atom stereocenters. The smallest absolute Gasteiger partial charge is 0.329 e. The molecule has 9 heteroatoms. The van der Waals surface area contributed by atoms with Crippen molar-refractivity contribution < 1.29 is 31.1 Å². The summed E-state index contributed by atoms with van der Waals surface area (Å²) in [5.41, 5.74) is 0. The molecule has 108 valence electrons. The van der Waals surface area contributed by atoms with Crippen LogP contribution in [0.5, 0.6) is 0 Å². The van der Waals surface area contributed by atoms with E-state index in [2.05, 4.69) is 4.98 Å². The van der Waals surface area contributed by atoms with Crippen molar-refractivity contribution in [2.45, 2.75) is 32.2 Å². The maximum Gasteiger partial charge on any atom is 0.407 e. The average Bonchev–Trinajstić information content (AvgIpc) is 2.61. The molecule has 0 amide bonds. The number of aromatic nitrogens is 2. The van der Waals surface area contributed by atoms with E-state index < -0.39 is 29.9 Å². The number of carbonyl (C=O) groups excluding carboxylic acids is 1. The lowest BCUT2D eigenvalue weighted by molar-refractivity contribution is -0.265. The van der Waals surface area contributed by atoms with E-state index in [-0.39, 0.29) is 6.54 Å². The Hall–Kier alpha value is -1.54. The van der Waals surface area contributed by atoms with Gasteiger partial charge in [0.05, 0.1) is 0 Å². The summed E-state index contributed by atoms with van der Waals surface area (Å²) in [6.07, 6.45) is -8.79. The molecule has 1 rings (SSSR count). The monoisotopic (exact) mass is 288 g/mol. The summed E-state index contributed by atoms with van der Waals surface area (Å²) in [5, 5.41) is 0. The van der Waals surface area contributed by atoms with E-state index in [1.165, 1.54) is 6.20 Å². The third-order valence-corrected chi connectivity index (χ3v) is 2.32. The van der Waals surface area contributed by atoms with Crippen molar-refractivity contribution in [3.8, 4) is 0 Å². The van der Waals surface area contributed by atoms with E-state index in [1.54, 1.807) is 6.92 Å². The summed E-state index contributed by atoms with van der Waals surface area (Å²) in [6.45, 7) is 1.78. The molecule has 0 aliphatic heterocycles. The molecule has 0 aromatic carbocycles. The molecule has 0 spiro atoms. The Morgan fingerprint density at radius 2 is 1.79 bits per heavy atom. The van der Waals surface area contributed by atoms with E-state index in [9.17, 15) is 31.1 Å². The number of carbonyl (C=O) groups is 1. The molecular formula is C10H10F6N2O. The summed E-state index contributed by atoms with van der Waals surface area (Å²) < 4.78 is 75.4. The maximum atomic E-state index is 12.4. The Bertz CT molecular complexity index is 434. The van der Waals surface area contributed by atoms with Gasteiger partial charge in [-0.15, -0.1) is 0 Å². The van der Waals surface area contributed by atoms with E-state index in [0.29, 0.717) is 6.42 Å². The van der Waals surface area contributed by atoms with Gasteiger partial charge in [0.1, 0.15) is 0 Å². The van der Waals surface area contributed by atoms with Crippen molar-refractivity contribution in [2.75, 3.05) is 0 Å². The Labute approximate surface area is 104 Å². The largest absolute Gasteiger partial charge is 0.407 e. The standard InChI is InChI=1S/C10H10F6N2O/c1-2-4-18-5-3-17-8(18)6(19)7(9(11,12)13)10(14,15)16/h3,5,7H,2,4H2,1H3. The lowest BCUT2D eigenvalue weighted by Gasteiger charge is -2.21. The number of rotatable bonds is 4. The summed E-state index contributed by atoms with van der Waals surface area (Å²) in [5.74, 6) is -6.96. The van der Waals surface area contributed by atoms with Crippen molar-refractivity contribution >= 4 is 5.78 Å². The zero-order valence-electron chi connectivity index (χ0n) is 9.72. The van der Waals surface area contributed by atoms with Crippen LogP contribution in [0.15, 0.2) is 12.4 Å². The summed E-state index contributed by atoms with van der Waals surface area (Å²) in [6, 6.07) is 0. The number of aryl methyl sites for hydroxylation is 1. The Morgan fingerprint density at radius 1 is 1.26 bits per heavy atom. The second kappa shape index (κ2) is 5.22. The maximum absolute atomic E-state index is 12.4. The molecule has 3 nitrogen and oxygen atoms in total. The second-order valence-corrected chi connectivity index (χ2v) is 3.82. The minimum atomic E-state index is -5.70. The quantitative estimate of drug-likeness (QED) is 0.630. The first-order valence-electron chi connectivity index (χ1n) is 5.27. The van der Waals surface area contributed by atoms with Crippen LogP contribution in [0.25, 0.3) is 0 Å². The number of ketones is 1. The summed E-state index contributed by atoms with van der Waals surface area (Å²) >= 11 is 0. The van der Waals surface area contributed by atoms with Crippen LogP contribution >= 0.6 is 0 Å². The summed E-state index contributed by atoms with van der Waals surface area (Å²) in [7, 11) is 0. The van der Waals surface area contributed by atoms with Gasteiger partial charge in [0.25, 0.3) is 0 Å². The highest BCUT2D eigenvalue weighted by atomic mass is 19.4. The average molecular weight is 288 g/mol. The van der Waals surface area contributed by atoms with Crippen LogP contribution in [0.1, 0.15) is 24.0 Å². The number of hydrogen-bond donors (Lipinski definition) is 0. The zero-order valence-corrected chi connectivity index (χ0v) is 9.72. The van der Waals surface area contributed by atoms with E-state index in [0.717, 1.165) is 10.8 Å². The Morgan fingerprint density at radius 3 is 2.21 bits per heavy atom. The molecule has 1 aromatic rings. The van der Waals surface area contributed by atoms with Gasteiger partial charge in [-0.3, -0.25) is 4.79 Å². The fraction of sp³-hybridized carbons (Fsp3) is 0.600. The molecule has 0 fully saturated rings. The van der Waals surface area contributed by atoms with E-state index in [1.807, 2.05) is 0 Å². The third-order valence-electron chi connectivity index (χ3n) is 2.32. The predicted molar refractivity (Wildman–Crippen MR) is 52.4 cm³/mol. The first-order chi connectivity index (χ1) is 8.59. The van der Waals surface area contributed by atoms with Gasteiger partial charge in [0, 0.05) is 18.9 Å². The molecule has 1 aromatic heterocycles. The first-order valence-corrected chi connectivity index (χ1v) is 5.27. The molecule has 0 radical (unpaired) electrons. The normalized spacial score (nSPS) is 13.1. The van der Waals surface area contributed by atoms with E-state index >= 15 is 0 Å². The van der Waals surface area contributed by atoms with Crippen LogP contribution < -0.4 is 0 Å². The number of hydrogen-bond acceptors (Lipinski definition) is 2. The molecule has 0 aliphatic carbocycles. The topological polar surface area (TPSA) is 34.9 Å². The highest BCUT2D eigenvalue weighted by Crippen LogP contribution is 2.40. The minimum Gasteiger partial charge on any atom is -0.329 e. The number of nitrogens with zero attached hydrogens (tertiary/aromatic N) is 2. The molecule has 0 N–H and O–H groups in total. The van der Waals surface area contributed by atoms with Gasteiger partial charge < -0.3 is 4.57 Å². The number of imidazole rings is 1. The Kier molecular flexibility index (Phi) is 4.26. The van der Waals surface area contributed by atoms with Crippen LogP contribution in [0.2, 0.25) is 0 Å². The van der Waals surface area contributed by atoms with Gasteiger partial charge in [-0.1, -0.05) is 6.92 Å². The van der Waals surface area contributed by atoms with Gasteiger partial charge in [-0.05, 0) is 6.42 Å². The van der Waals surface area contributed by atoms with Crippen LogP contribution in [0.4, 0.5) is 26.3 Å². The van der Waals surface area contributed by atoms with Crippen LogP contribution in [0, 0.1) is 5.92 Å². The number of halogens is 6. The van der Waals surface area contributed by atoms with Gasteiger partial charge in [-0.2, -0.15) is 26.3 Å². The molecule has 1 heterocycles. The van der Waals surface area contributed by atoms with Crippen molar-refractivity contribution in [3.63, 3.8) is 0 Å². The van der Waals surface area contributed by atoms with Crippen LogP contribution in [-0.2, 0) is 6.54 Å². The van der Waals surface area contributed by atoms with Gasteiger partial charge >= 0.3 is 12.4 Å². The van der Waals surface area contributed by atoms with Crippen molar-refractivity contribution in [2.24, 2.45) is 5.92 Å². The third kappa shape index (κ3) is 3.48. The highest BCUT2D eigenvalue weighted by molar-refractivity contribution is 5.95. The second-order valence-electron chi connectivity index (χ2n) is 3.82.